The van der Waals surface area contributed by atoms with Gasteiger partial charge >= 0.3 is 0 Å². The van der Waals surface area contributed by atoms with Crippen LogP contribution >= 0.6 is 0 Å². The predicted octanol–water partition coefficient (Wildman–Crippen LogP) is 2.92. The second kappa shape index (κ2) is 7.20. The zero-order valence-corrected chi connectivity index (χ0v) is 12.8. The predicted molar refractivity (Wildman–Crippen MR) is 84.9 cm³/mol. The van der Waals surface area contributed by atoms with Crippen LogP contribution in [0.3, 0.4) is 0 Å². The van der Waals surface area contributed by atoms with Crippen LogP contribution in [0, 0.1) is 6.92 Å². The van der Waals surface area contributed by atoms with Crippen molar-refractivity contribution in [1.29, 1.82) is 0 Å². The number of nitrogens with two attached hydrogens (primary N) is 1. The number of aromatic nitrogens is 1. The van der Waals surface area contributed by atoms with Gasteiger partial charge in [0.1, 0.15) is 5.75 Å². The van der Waals surface area contributed by atoms with E-state index >= 15 is 0 Å². The van der Waals surface area contributed by atoms with Crippen molar-refractivity contribution in [2.45, 2.75) is 39.3 Å². The molecule has 2 rings (SSSR count). The topological polar surface area (TPSA) is 60.2 Å². The van der Waals surface area contributed by atoms with Gasteiger partial charge in [-0.3, -0.25) is 16.3 Å². The van der Waals surface area contributed by atoms with E-state index in [-0.39, 0.29) is 12.1 Å². The molecule has 0 radical (unpaired) electrons. The van der Waals surface area contributed by atoms with Gasteiger partial charge in [-0.15, -0.1) is 0 Å². The molecule has 0 aliphatic rings. The molecular formula is C17H23N3O. The van der Waals surface area contributed by atoms with Gasteiger partial charge in [0.25, 0.3) is 0 Å². The molecule has 0 aliphatic heterocycles. The maximum absolute atomic E-state index is 5.72. The number of benzene rings is 1. The van der Waals surface area contributed by atoms with E-state index in [2.05, 4.69) is 41.6 Å². The van der Waals surface area contributed by atoms with Crippen LogP contribution in [0.4, 0.5) is 0 Å². The van der Waals surface area contributed by atoms with Crippen LogP contribution in [0.25, 0.3) is 0 Å². The molecule has 0 aliphatic carbocycles. The van der Waals surface area contributed by atoms with E-state index in [1.54, 1.807) is 6.20 Å². The van der Waals surface area contributed by atoms with E-state index < -0.39 is 0 Å². The SMILES string of the molecule is Cc1cccc(CC(NN)c2cncc(OC(C)C)c2)c1. The maximum Gasteiger partial charge on any atom is 0.138 e. The summed E-state index contributed by atoms with van der Waals surface area (Å²) in [6, 6.07) is 10.4. The summed E-state index contributed by atoms with van der Waals surface area (Å²) in [4.78, 5) is 4.25. The summed E-state index contributed by atoms with van der Waals surface area (Å²) in [6.07, 6.45) is 4.49. The highest BCUT2D eigenvalue weighted by atomic mass is 16.5. The Morgan fingerprint density at radius 1 is 1.24 bits per heavy atom. The van der Waals surface area contributed by atoms with Gasteiger partial charge in [0.15, 0.2) is 0 Å². The molecular weight excluding hydrogens is 262 g/mol. The van der Waals surface area contributed by atoms with Crippen molar-refractivity contribution in [1.82, 2.24) is 10.4 Å². The molecule has 1 aromatic heterocycles. The third-order valence-electron chi connectivity index (χ3n) is 3.23. The molecule has 0 spiro atoms. The third-order valence-corrected chi connectivity index (χ3v) is 3.23. The van der Waals surface area contributed by atoms with Crippen LogP contribution in [0.5, 0.6) is 5.75 Å². The first-order valence-electron chi connectivity index (χ1n) is 7.21. The van der Waals surface area contributed by atoms with Crippen molar-refractivity contribution in [3.63, 3.8) is 0 Å². The molecule has 4 heteroatoms. The normalized spacial score (nSPS) is 12.4. The van der Waals surface area contributed by atoms with Crippen LogP contribution in [0.15, 0.2) is 42.7 Å². The van der Waals surface area contributed by atoms with Gasteiger partial charge in [0.05, 0.1) is 18.3 Å². The second-order valence-corrected chi connectivity index (χ2v) is 5.53. The summed E-state index contributed by atoms with van der Waals surface area (Å²) in [7, 11) is 0. The Bertz CT molecular complexity index is 584. The maximum atomic E-state index is 5.72. The zero-order valence-electron chi connectivity index (χ0n) is 12.8. The number of hydrogen-bond donors (Lipinski definition) is 2. The lowest BCUT2D eigenvalue weighted by atomic mass is 9.99. The van der Waals surface area contributed by atoms with Crippen molar-refractivity contribution < 1.29 is 4.74 Å². The Balaban J connectivity index is 2.17. The Morgan fingerprint density at radius 3 is 2.71 bits per heavy atom. The van der Waals surface area contributed by atoms with Crippen molar-refractivity contribution in [3.8, 4) is 5.75 Å². The lowest BCUT2D eigenvalue weighted by molar-refractivity contribution is 0.241. The molecule has 0 bridgehead atoms. The molecule has 0 amide bonds. The fourth-order valence-electron chi connectivity index (χ4n) is 2.31. The van der Waals surface area contributed by atoms with E-state index in [1.165, 1.54) is 11.1 Å². The highest BCUT2D eigenvalue weighted by Gasteiger charge is 2.12. The summed E-state index contributed by atoms with van der Waals surface area (Å²) in [5.41, 5.74) is 6.39. The molecule has 1 atom stereocenters. The van der Waals surface area contributed by atoms with Gasteiger partial charge in [-0.2, -0.15) is 0 Å². The molecule has 0 saturated heterocycles. The van der Waals surface area contributed by atoms with Crippen molar-refractivity contribution >= 4 is 0 Å². The zero-order chi connectivity index (χ0) is 15.2. The molecule has 0 fully saturated rings. The Kier molecular flexibility index (Phi) is 5.31. The number of ether oxygens (including phenoxy) is 1. The van der Waals surface area contributed by atoms with Gasteiger partial charge in [0.2, 0.25) is 0 Å². The molecule has 0 saturated carbocycles. The van der Waals surface area contributed by atoms with Crippen LogP contribution in [0.1, 0.15) is 36.6 Å². The average Bonchev–Trinajstić information content (AvgIpc) is 2.44. The van der Waals surface area contributed by atoms with Crippen molar-refractivity contribution in [3.05, 3.63) is 59.4 Å². The molecule has 1 aromatic carbocycles. The summed E-state index contributed by atoms with van der Waals surface area (Å²) >= 11 is 0. The fraction of sp³-hybridized carbons (Fsp3) is 0.353. The minimum atomic E-state index is 0.00927. The molecule has 3 N–H and O–H groups in total. The van der Waals surface area contributed by atoms with E-state index in [4.69, 9.17) is 10.6 Å². The quantitative estimate of drug-likeness (QED) is 0.633. The number of pyridine rings is 1. The summed E-state index contributed by atoms with van der Waals surface area (Å²) in [6.45, 7) is 6.09. The number of nitrogens with one attached hydrogen (secondary N) is 1. The van der Waals surface area contributed by atoms with E-state index in [1.807, 2.05) is 26.1 Å². The van der Waals surface area contributed by atoms with E-state index in [0.717, 1.165) is 17.7 Å². The van der Waals surface area contributed by atoms with Gasteiger partial charge in [-0.1, -0.05) is 29.8 Å². The van der Waals surface area contributed by atoms with Crippen LogP contribution in [-0.2, 0) is 6.42 Å². The highest BCUT2D eigenvalue weighted by Crippen LogP contribution is 2.22. The summed E-state index contributed by atoms with van der Waals surface area (Å²) in [5.74, 6) is 6.49. The Hall–Kier alpha value is -1.91. The molecule has 2 aromatic rings. The molecule has 112 valence electrons. The first-order valence-corrected chi connectivity index (χ1v) is 7.21. The summed E-state index contributed by atoms with van der Waals surface area (Å²) in [5, 5.41) is 0. The second-order valence-electron chi connectivity index (χ2n) is 5.53. The Morgan fingerprint density at radius 2 is 2.05 bits per heavy atom. The average molecular weight is 285 g/mol. The lowest BCUT2D eigenvalue weighted by Gasteiger charge is -2.18. The molecule has 1 heterocycles. The summed E-state index contributed by atoms with van der Waals surface area (Å²) < 4.78 is 5.69. The fourth-order valence-corrected chi connectivity index (χ4v) is 2.31. The standard InChI is InChI=1S/C17H23N3O/c1-12(2)21-16-9-15(10-19-11-16)17(20-18)8-14-6-4-5-13(3)7-14/h4-7,9-12,17,20H,8,18H2,1-3H3. The first-order chi connectivity index (χ1) is 10.1. The van der Waals surface area contributed by atoms with Gasteiger partial charge in [-0.05, 0) is 44.4 Å². The number of hydrogen-bond acceptors (Lipinski definition) is 4. The van der Waals surface area contributed by atoms with Crippen molar-refractivity contribution in [2.24, 2.45) is 5.84 Å². The number of hydrazine groups is 1. The minimum Gasteiger partial charge on any atom is -0.489 e. The Labute approximate surface area is 126 Å². The largest absolute Gasteiger partial charge is 0.489 e. The molecule has 4 nitrogen and oxygen atoms in total. The highest BCUT2D eigenvalue weighted by molar-refractivity contribution is 5.29. The number of rotatable bonds is 6. The monoisotopic (exact) mass is 285 g/mol. The minimum absolute atomic E-state index is 0.00927. The van der Waals surface area contributed by atoms with Crippen molar-refractivity contribution in [2.75, 3.05) is 0 Å². The third kappa shape index (κ3) is 4.55. The van der Waals surface area contributed by atoms with Gasteiger partial charge in [-0.25, -0.2) is 0 Å². The molecule has 21 heavy (non-hydrogen) atoms. The van der Waals surface area contributed by atoms with Crippen LogP contribution < -0.4 is 16.0 Å². The number of nitrogens with zero attached hydrogens (tertiary/aromatic N) is 1. The van der Waals surface area contributed by atoms with E-state index in [0.29, 0.717) is 0 Å². The van der Waals surface area contributed by atoms with Crippen LogP contribution in [-0.4, -0.2) is 11.1 Å². The van der Waals surface area contributed by atoms with Gasteiger partial charge < -0.3 is 4.74 Å². The van der Waals surface area contributed by atoms with E-state index in [9.17, 15) is 0 Å². The number of aryl methyl sites for hydroxylation is 1. The first kappa shape index (κ1) is 15.5. The van der Waals surface area contributed by atoms with Crippen LogP contribution in [0.2, 0.25) is 0 Å². The molecule has 1 unspecified atom stereocenters. The smallest absolute Gasteiger partial charge is 0.138 e. The lowest BCUT2D eigenvalue weighted by Crippen LogP contribution is -2.29. The van der Waals surface area contributed by atoms with Gasteiger partial charge in [0, 0.05) is 6.20 Å².